The van der Waals surface area contributed by atoms with Gasteiger partial charge in [-0.3, -0.25) is 4.68 Å². The average molecular weight is 195 g/mol. The standard InChI is InChI=1S/C9H17N5/c1-13-8-9(11-12-13)2-5-14-6-3-10-4-7-14/h8,10H,2-7H2,1H3. The highest BCUT2D eigenvalue weighted by atomic mass is 15.4. The normalized spacial score (nSPS) is 18.6. The van der Waals surface area contributed by atoms with Gasteiger partial charge in [-0.25, -0.2) is 0 Å². The molecule has 0 saturated carbocycles. The van der Waals surface area contributed by atoms with Crippen molar-refractivity contribution in [1.29, 1.82) is 0 Å². The molecule has 14 heavy (non-hydrogen) atoms. The molecule has 5 heteroatoms. The van der Waals surface area contributed by atoms with Gasteiger partial charge in [0.05, 0.1) is 5.69 Å². The van der Waals surface area contributed by atoms with E-state index in [0.29, 0.717) is 0 Å². The predicted octanol–water partition coefficient (Wildman–Crippen LogP) is -0.737. The van der Waals surface area contributed by atoms with E-state index in [-0.39, 0.29) is 0 Å². The van der Waals surface area contributed by atoms with E-state index in [1.165, 1.54) is 0 Å². The summed E-state index contributed by atoms with van der Waals surface area (Å²) in [5.41, 5.74) is 1.09. The van der Waals surface area contributed by atoms with Crippen LogP contribution >= 0.6 is 0 Å². The number of nitrogens with zero attached hydrogens (tertiary/aromatic N) is 4. The molecule has 0 spiro atoms. The molecule has 5 nitrogen and oxygen atoms in total. The molecule has 1 aliphatic heterocycles. The van der Waals surface area contributed by atoms with Crippen molar-refractivity contribution in [2.45, 2.75) is 6.42 Å². The van der Waals surface area contributed by atoms with E-state index >= 15 is 0 Å². The molecule has 0 atom stereocenters. The summed E-state index contributed by atoms with van der Waals surface area (Å²) in [7, 11) is 1.90. The summed E-state index contributed by atoms with van der Waals surface area (Å²) in [4.78, 5) is 2.46. The number of hydrogen-bond donors (Lipinski definition) is 1. The molecule has 1 aromatic rings. The zero-order valence-electron chi connectivity index (χ0n) is 8.61. The number of piperazine rings is 1. The summed E-state index contributed by atoms with van der Waals surface area (Å²) in [6.45, 7) is 5.63. The molecule has 2 rings (SSSR count). The first kappa shape index (κ1) is 9.61. The fourth-order valence-electron chi connectivity index (χ4n) is 1.72. The van der Waals surface area contributed by atoms with Crippen molar-refractivity contribution in [3.05, 3.63) is 11.9 Å². The third-order valence-electron chi connectivity index (χ3n) is 2.54. The molecule has 78 valence electrons. The molecule has 1 fully saturated rings. The van der Waals surface area contributed by atoms with Crippen LogP contribution in [0.5, 0.6) is 0 Å². The first-order valence-corrected chi connectivity index (χ1v) is 5.13. The van der Waals surface area contributed by atoms with Gasteiger partial charge in [0.25, 0.3) is 0 Å². The second-order valence-corrected chi connectivity index (χ2v) is 3.73. The lowest BCUT2D eigenvalue weighted by atomic mass is 10.3. The zero-order valence-corrected chi connectivity index (χ0v) is 8.61. The fraction of sp³-hybridized carbons (Fsp3) is 0.778. The number of aryl methyl sites for hydroxylation is 1. The maximum absolute atomic E-state index is 4.07. The van der Waals surface area contributed by atoms with Crippen LogP contribution in [0.3, 0.4) is 0 Å². The molecule has 0 amide bonds. The van der Waals surface area contributed by atoms with Crippen LogP contribution in [-0.2, 0) is 13.5 Å². The van der Waals surface area contributed by atoms with E-state index in [9.17, 15) is 0 Å². The van der Waals surface area contributed by atoms with E-state index in [1.807, 2.05) is 13.2 Å². The van der Waals surface area contributed by atoms with Crippen molar-refractivity contribution in [2.75, 3.05) is 32.7 Å². The molecule has 0 aliphatic carbocycles. The summed E-state index contributed by atoms with van der Waals surface area (Å²) in [6.07, 6.45) is 3.00. The summed E-state index contributed by atoms with van der Waals surface area (Å²) in [6, 6.07) is 0. The Morgan fingerprint density at radius 3 is 2.86 bits per heavy atom. The van der Waals surface area contributed by atoms with Gasteiger partial charge in [-0.1, -0.05) is 5.21 Å². The van der Waals surface area contributed by atoms with Crippen molar-refractivity contribution in [2.24, 2.45) is 7.05 Å². The van der Waals surface area contributed by atoms with Crippen molar-refractivity contribution in [1.82, 2.24) is 25.2 Å². The largest absolute Gasteiger partial charge is 0.314 e. The highest BCUT2D eigenvalue weighted by molar-refractivity contribution is 4.92. The summed E-state index contributed by atoms with van der Waals surface area (Å²) >= 11 is 0. The first-order valence-electron chi connectivity index (χ1n) is 5.13. The monoisotopic (exact) mass is 195 g/mol. The minimum atomic E-state index is 1.01. The lowest BCUT2D eigenvalue weighted by Gasteiger charge is -2.26. The van der Waals surface area contributed by atoms with Crippen LogP contribution < -0.4 is 5.32 Å². The molecular weight excluding hydrogens is 178 g/mol. The Labute approximate surface area is 84.1 Å². The van der Waals surface area contributed by atoms with Crippen LogP contribution in [0, 0.1) is 0 Å². The third-order valence-corrected chi connectivity index (χ3v) is 2.54. The van der Waals surface area contributed by atoms with Crippen LogP contribution in [-0.4, -0.2) is 52.6 Å². The van der Waals surface area contributed by atoms with Gasteiger partial charge in [-0.05, 0) is 0 Å². The Kier molecular flexibility index (Phi) is 3.10. The van der Waals surface area contributed by atoms with Gasteiger partial charge in [-0.15, -0.1) is 5.10 Å². The molecule has 1 aliphatic rings. The van der Waals surface area contributed by atoms with Crippen molar-refractivity contribution in [3.63, 3.8) is 0 Å². The Morgan fingerprint density at radius 2 is 2.21 bits per heavy atom. The zero-order chi connectivity index (χ0) is 9.80. The van der Waals surface area contributed by atoms with Crippen LogP contribution in [0.4, 0.5) is 0 Å². The average Bonchev–Trinajstić information content (AvgIpc) is 2.63. The van der Waals surface area contributed by atoms with Crippen LogP contribution in [0.25, 0.3) is 0 Å². The van der Waals surface area contributed by atoms with Gasteiger partial charge in [-0.2, -0.15) is 0 Å². The second-order valence-electron chi connectivity index (χ2n) is 3.73. The highest BCUT2D eigenvalue weighted by Crippen LogP contribution is 1.97. The van der Waals surface area contributed by atoms with Gasteiger partial charge in [0, 0.05) is 52.4 Å². The summed E-state index contributed by atoms with van der Waals surface area (Å²) in [5.74, 6) is 0. The van der Waals surface area contributed by atoms with Gasteiger partial charge in [0.15, 0.2) is 0 Å². The first-order chi connectivity index (χ1) is 6.84. The molecule has 0 aromatic carbocycles. The molecular formula is C9H17N5. The van der Waals surface area contributed by atoms with Crippen molar-refractivity contribution >= 4 is 0 Å². The van der Waals surface area contributed by atoms with Gasteiger partial charge in [0.2, 0.25) is 0 Å². The SMILES string of the molecule is Cn1cc(CCN2CCNCC2)nn1. The molecule has 0 radical (unpaired) electrons. The quantitative estimate of drug-likeness (QED) is 0.690. The maximum Gasteiger partial charge on any atom is 0.0839 e. The third kappa shape index (κ3) is 2.52. The lowest BCUT2D eigenvalue weighted by Crippen LogP contribution is -2.44. The van der Waals surface area contributed by atoms with Crippen molar-refractivity contribution < 1.29 is 0 Å². The summed E-state index contributed by atoms with van der Waals surface area (Å²) < 4.78 is 1.76. The molecule has 1 aromatic heterocycles. The molecule has 0 bridgehead atoms. The topological polar surface area (TPSA) is 46.0 Å². The molecule has 1 saturated heterocycles. The highest BCUT2D eigenvalue weighted by Gasteiger charge is 2.09. The minimum absolute atomic E-state index is 1.01. The second kappa shape index (κ2) is 4.52. The number of hydrogen-bond acceptors (Lipinski definition) is 4. The Bertz CT molecular complexity index is 276. The smallest absolute Gasteiger partial charge is 0.0839 e. The van der Waals surface area contributed by atoms with Gasteiger partial charge < -0.3 is 10.2 Å². The Hall–Kier alpha value is -0.940. The van der Waals surface area contributed by atoms with E-state index in [1.54, 1.807) is 4.68 Å². The summed E-state index contributed by atoms with van der Waals surface area (Å²) in [5, 5.41) is 11.3. The number of aromatic nitrogens is 3. The van der Waals surface area contributed by atoms with Crippen LogP contribution in [0.1, 0.15) is 5.69 Å². The van der Waals surface area contributed by atoms with E-state index in [2.05, 4.69) is 20.5 Å². The van der Waals surface area contributed by atoms with Crippen molar-refractivity contribution in [3.8, 4) is 0 Å². The lowest BCUT2D eigenvalue weighted by molar-refractivity contribution is 0.243. The van der Waals surface area contributed by atoms with Crippen LogP contribution in [0.15, 0.2) is 6.20 Å². The van der Waals surface area contributed by atoms with E-state index in [4.69, 9.17) is 0 Å². The predicted molar refractivity (Wildman–Crippen MR) is 54.0 cm³/mol. The molecule has 2 heterocycles. The number of nitrogens with one attached hydrogen (secondary N) is 1. The number of rotatable bonds is 3. The Morgan fingerprint density at radius 1 is 1.43 bits per heavy atom. The fourth-order valence-corrected chi connectivity index (χ4v) is 1.72. The molecule has 1 N–H and O–H groups in total. The van der Waals surface area contributed by atoms with Gasteiger partial charge >= 0.3 is 0 Å². The van der Waals surface area contributed by atoms with E-state index in [0.717, 1.165) is 44.8 Å². The maximum atomic E-state index is 4.07. The van der Waals surface area contributed by atoms with E-state index < -0.39 is 0 Å². The molecule has 0 unspecified atom stereocenters. The van der Waals surface area contributed by atoms with Crippen LogP contribution in [0.2, 0.25) is 0 Å². The van der Waals surface area contributed by atoms with Gasteiger partial charge in [0.1, 0.15) is 0 Å². The Balaban J connectivity index is 1.76. The minimum Gasteiger partial charge on any atom is -0.314 e.